The minimum atomic E-state index is -0.172. The lowest BCUT2D eigenvalue weighted by Gasteiger charge is -2.00. The number of aromatic nitrogens is 4. The number of amides is 1. The second kappa shape index (κ2) is 5.03. The molecule has 18 heavy (non-hydrogen) atoms. The van der Waals surface area contributed by atoms with Crippen LogP contribution < -0.4 is 5.32 Å². The third-order valence-electron chi connectivity index (χ3n) is 2.74. The predicted molar refractivity (Wildman–Crippen MR) is 68.5 cm³/mol. The molecule has 2 N–H and O–H groups in total. The van der Waals surface area contributed by atoms with Crippen molar-refractivity contribution in [1.29, 1.82) is 0 Å². The van der Waals surface area contributed by atoms with Crippen molar-refractivity contribution in [3.63, 3.8) is 0 Å². The van der Waals surface area contributed by atoms with Crippen LogP contribution in [-0.4, -0.2) is 25.9 Å². The van der Waals surface area contributed by atoms with Gasteiger partial charge in [0.2, 0.25) is 0 Å². The minimum absolute atomic E-state index is 0.172. The zero-order valence-electron chi connectivity index (χ0n) is 10.8. The lowest BCUT2D eigenvalue weighted by atomic mass is 10.2. The highest BCUT2D eigenvalue weighted by Crippen LogP contribution is 2.11. The summed E-state index contributed by atoms with van der Waals surface area (Å²) >= 11 is 0. The third kappa shape index (κ3) is 2.42. The molecular formula is C12H17N5O. The SMILES string of the molecule is CCc1cc(NC(=O)c2cn(C)nc2CC)n[nH]1. The topological polar surface area (TPSA) is 75.6 Å². The lowest BCUT2D eigenvalue weighted by Crippen LogP contribution is -2.13. The van der Waals surface area contributed by atoms with E-state index < -0.39 is 0 Å². The molecule has 0 saturated carbocycles. The van der Waals surface area contributed by atoms with E-state index in [2.05, 4.69) is 20.6 Å². The Hall–Kier alpha value is -2.11. The van der Waals surface area contributed by atoms with Gasteiger partial charge in [-0.25, -0.2) is 0 Å². The van der Waals surface area contributed by atoms with Crippen LogP contribution in [0.2, 0.25) is 0 Å². The highest BCUT2D eigenvalue weighted by atomic mass is 16.1. The number of rotatable bonds is 4. The molecule has 6 nitrogen and oxygen atoms in total. The van der Waals surface area contributed by atoms with Gasteiger partial charge in [0.15, 0.2) is 5.82 Å². The van der Waals surface area contributed by atoms with E-state index in [1.807, 2.05) is 19.9 Å². The first kappa shape index (κ1) is 12.3. The average molecular weight is 247 g/mol. The van der Waals surface area contributed by atoms with Gasteiger partial charge in [-0.15, -0.1) is 0 Å². The maximum atomic E-state index is 12.1. The average Bonchev–Trinajstić information content (AvgIpc) is 2.95. The van der Waals surface area contributed by atoms with Gasteiger partial charge in [-0.3, -0.25) is 14.6 Å². The molecule has 0 aliphatic carbocycles. The second-order valence-corrected chi connectivity index (χ2v) is 4.10. The largest absolute Gasteiger partial charge is 0.305 e. The first-order valence-electron chi connectivity index (χ1n) is 6.02. The normalized spacial score (nSPS) is 10.6. The number of H-pyrrole nitrogens is 1. The van der Waals surface area contributed by atoms with Crippen LogP contribution in [-0.2, 0) is 19.9 Å². The lowest BCUT2D eigenvalue weighted by molar-refractivity contribution is 0.102. The standard InChI is InChI=1S/C12H17N5O/c1-4-8-6-11(15-14-8)13-12(18)9-7-17(3)16-10(9)5-2/h6-7H,4-5H2,1-3H3,(H2,13,14,15,18). The van der Waals surface area contributed by atoms with E-state index in [0.29, 0.717) is 11.4 Å². The Morgan fingerprint density at radius 2 is 2.22 bits per heavy atom. The fourth-order valence-corrected chi connectivity index (χ4v) is 1.78. The van der Waals surface area contributed by atoms with Gasteiger partial charge in [0, 0.05) is 25.0 Å². The van der Waals surface area contributed by atoms with E-state index >= 15 is 0 Å². The van der Waals surface area contributed by atoms with E-state index in [-0.39, 0.29) is 5.91 Å². The van der Waals surface area contributed by atoms with Gasteiger partial charge in [-0.2, -0.15) is 10.2 Å². The summed E-state index contributed by atoms with van der Waals surface area (Å²) in [4.78, 5) is 12.1. The number of carbonyl (C=O) groups excluding carboxylic acids is 1. The number of anilines is 1. The van der Waals surface area contributed by atoms with Gasteiger partial charge in [-0.1, -0.05) is 13.8 Å². The fraction of sp³-hybridized carbons (Fsp3) is 0.417. The van der Waals surface area contributed by atoms with Gasteiger partial charge in [-0.05, 0) is 12.8 Å². The number of aromatic amines is 1. The van der Waals surface area contributed by atoms with Gasteiger partial charge in [0.25, 0.3) is 5.91 Å². The van der Waals surface area contributed by atoms with Gasteiger partial charge in [0.1, 0.15) is 0 Å². The summed E-state index contributed by atoms with van der Waals surface area (Å²) in [6.07, 6.45) is 3.31. The van der Waals surface area contributed by atoms with Crippen LogP contribution >= 0.6 is 0 Å². The van der Waals surface area contributed by atoms with Crippen molar-refractivity contribution in [2.75, 3.05) is 5.32 Å². The molecule has 0 saturated heterocycles. The Bertz CT molecular complexity index is 555. The molecule has 6 heteroatoms. The van der Waals surface area contributed by atoms with Crippen LogP contribution in [0.4, 0.5) is 5.82 Å². The van der Waals surface area contributed by atoms with Crippen LogP contribution in [0, 0.1) is 0 Å². The van der Waals surface area contributed by atoms with Crippen molar-refractivity contribution >= 4 is 11.7 Å². The summed E-state index contributed by atoms with van der Waals surface area (Å²) in [5.41, 5.74) is 2.38. The number of hydrogen-bond donors (Lipinski definition) is 2. The van der Waals surface area contributed by atoms with E-state index in [1.165, 1.54) is 0 Å². The number of carbonyl (C=O) groups is 1. The van der Waals surface area contributed by atoms with Crippen molar-refractivity contribution in [2.45, 2.75) is 26.7 Å². The van der Waals surface area contributed by atoms with Crippen molar-refractivity contribution in [1.82, 2.24) is 20.0 Å². The Balaban J connectivity index is 2.16. The molecule has 0 aliphatic rings. The van der Waals surface area contributed by atoms with E-state index in [1.54, 1.807) is 17.9 Å². The number of nitrogens with zero attached hydrogens (tertiary/aromatic N) is 3. The molecule has 2 heterocycles. The van der Waals surface area contributed by atoms with Gasteiger partial charge < -0.3 is 5.32 Å². The molecule has 1 amide bonds. The quantitative estimate of drug-likeness (QED) is 0.860. The molecule has 2 aromatic rings. The second-order valence-electron chi connectivity index (χ2n) is 4.10. The zero-order valence-corrected chi connectivity index (χ0v) is 10.8. The molecule has 0 unspecified atom stereocenters. The monoisotopic (exact) mass is 247 g/mol. The van der Waals surface area contributed by atoms with Crippen LogP contribution in [0.5, 0.6) is 0 Å². The maximum absolute atomic E-state index is 12.1. The Labute approximate surface area is 105 Å². The first-order valence-corrected chi connectivity index (χ1v) is 6.02. The Morgan fingerprint density at radius 1 is 1.44 bits per heavy atom. The highest BCUT2D eigenvalue weighted by molar-refractivity contribution is 6.04. The summed E-state index contributed by atoms with van der Waals surface area (Å²) in [7, 11) is 1.81. The van der Waals surface area contributed by atoms with Crippen LogP contribution in [0.25, 0.3) is 0 Å². The van der Waals surface area contributed by atoms with Crippen LogP contribution in [0.1, 0.15) is 35.6 Å². The first-order chi connectivity index (χ1) is 8.63. The number of aryl methyl sites for hydroxylation is 3. The fourth-order valence-electron chi connectivity index (χ4n) is 1.78. The van der Waals surface area contributed by atoms with Gasteiger partial charge in [0.05, 0.1) is 11.3 Å². The minimum Gasteiger partial charge on any atom is -0.305 e. The molecule has 0 aromatic carbocycles. The summed E-state index contributed by atoms with van der Waals surface area (Å²) in [6, 6.07) is 1.83. The smallest absolute Gasteiger partial charge is 0.260 e. The molecule has 2 rings (SSSR count). The number of hydrogen-bond acceptors (Lipinski definition) is 3. The van der Waals surface area contributed by atoms with Crippen LogP contribution in [0.15, 0.2) is 12.3 Å². The predicted octanol–water partition coefficient (Wildman–Crippen LogP) is 1.52. The van der Waals surface area contributed by atoms with Crippen molar-refractivity contribution < 1.29 is 4.79 Å². The van der Waals surface area contributed by atoms with Crippen LogP contribution in [0.3, 0.4) is 0 Å². The zero-order chi connectivity index (χ0) is 13.1. The molecule has 0 atom stereocenters. The Kier molecular flexibility index (Phi) is 3.45. The molecule has 2 aromatic heterocycles. The molecule has 0 aliphatic heterocycles. The molecule has 0 fully saturated rings. The maximum Gasteiger partial charge on any atom is 0.260 e. The molecule has 0 radical (unpaired) electrons. The summed E-state index contributed by atoms with van der Waals surface area (Å²) in [5, 5.41) is 13.9. The van der Waals surface area contributed by atoms with Gasteiger partial charge >= 0.3 is 0 Å². The molecule has 96 valence electrons. The summed E-state index contributed by atoms with van der Waals surface area (Å²) in [6.45, 7) is 4.00. The van der Waals surface area contributed by atoms with Crippen molar-refractivity contribution in [2.24, 2.45) is 7.05 Å². The molecule has 0 spiro atoms. The van der Waals surface area contributed by atoms with Crippen molar-refractivity contribution in [3.8, 4) is 0 Å². The third-order valence-corrected chi connectivity index (χ3v) is 2.74. The van der Waals surface area contributed by atoms with Crippen molar-refractivity contribution in [3.05, 3.63) is 29.2 Å². The Morgan fingerprint density at radius 3 is 2.83 bits per heavy atom. The van der Waals surface area contributed by atoms with E-state index in [9.17, 15) is 4.79 Å². The molecule has 0 bridgehead atoms. The molecular weight excluding hydrogens is 230 g/mol. The summed E-state index contributed by atoms with van der Waals surface area (Å²) in [5.74, 6) is 0.372. The highest BCUT2D eigenvalue weighted by Gasteiger charge is 2.15. The summed E-state index contributed by atoms with van der Waals surface area (Å²) < 4.78 is 1.65. The number of nitrogens with one attached hydrogen (secondary N) is 2. The van der Waals surface area contributed by atoms with E-state index in [0.717, 1.165) is 24.2 Å². The van der Waals surface area contributed by atoms with E-state index in [4.69, 9.17) is 0 Å².